The van der Waals surface area contributed by atoms with Crippen LogP contribution in [0.2, 0.25) is 0 Å². The second-order valence-electron chi connectivity index (χ2n) is 11.5. The molecular formula is C34H34Cl2N2O4. The summed E-state index contributed by atoms with van der Waals surface area (Å²) in [4.78, 5) is 30.3. The van der Waals surface area contributed by atoms with Crippen molar-refractivity contribution in [2.45, 2.75) is 62.1 Å². The third-order valence-electron chi connectivity index (χ3n) is 8.91. The Bertz CT molecular complexity index is 1580. The van der Waals surface area contributed by atoms with Crippen molar-refractivity contribution in [1.29, 1.82) is 0 Å². The lowest BCUT2D eigenvalue weighted by molar-refractivity contribution is -0.120. The molecule has 4 aromatic rings. The average Bonchev–Trinajstić information content (AvgIpc) is 3.55. The van der Waals surface area contributed by atoms with Gasteiger partial charge in [0.25, 0.3) is 0 Å². The summed E-state index contributed by atoms with van der Waals surface area (Å²) in [6, 6.07) is 18.7. The number of carbonyl (C=O) groups is 2. The van der Waals surface area contributed by atoms with Crippen LogP contribution in [0.4, 0.5) is 11.4 Å². The molecule has 0 saturated carbocycles. The van der Waals surface area contributed by atoms with Gasteiger partial charge in [0.2, 0.25) is 11.8 Å². The SMILES string of the molecule is CC(Cl)[C@@H]1CN(C(=O)CCCCC(=O)N2CC([C@@H](C)Cl)c3c2cc(O)c2ccccc32)c2cc(O)c3ccccc3c21. The maximum Gasteiger partial charge on any atom is 0.227 e. The molecular weight excluding hydrogens is 571 g/mol. The lowest BCUT2D eigenvalue weighted by Crippen LogP contribution is -2.31. The van der Waals surface area contributed by atoms with Crippen LogP contribution in [0.25, 0.3) is 21.5 Å². The number of fused-ring (bicyclic) bond motifs is 6. The van der Waals surface area contributed by atoms with Crippen LogP contribution in [0.1, 0.15) is 62.5 Å². The minimum Gasteiger partial charge on any atom is -0.507 e. The largest absolute Gasteiger partial charge is 0.507 e. The van der Waals surface area contributed by atoms with Crippen molar-refractivity contribution in [3.8, 4) is 11.5 Å². The fourth-order valence-corrected chi connectivity index (χ4v) is 7.18. The highest BCUT2D eigenvalue weighted by molar-refractivity contribution is 6.22. The summed E-state index contributed by atoms with van der Waals surface area (Å²) in [5, 5.41) is 24.4. The number of hydrogen-bond acceptors (Lipinski definition) is 4. The fraction of sp³-hybridized carbons (Fsp3) is 0.353. The zero-order chi connectivity index (χ0) is 29.7. The first-order valence-corrected chi connectivity index (χ1v) is 15.4. The van der Waals surface area contributed by atoms with Crippen molar-refractivity contribution in [1.82, 2.24) is 0 Å². The minimum absolute atomic E-state index is 0.0438. The second kappa shape index (κ2) is 11.3. The van der Waals surface area contributed by atoms with Gasteiger partial charge in [0.15, 0.2) is 0 Å². The molecule has 4 aromatic carbocycles. The number of aromatic hydroxyl groups is 2. The first-order chi connectivity index (χ1) is 20.2. The van der Waals surface area contributed by atoms with E-state index in [0.717, 1.165) is 32.7 Å². The van der Waals surface area contributed by atoms with Crippen molar-refractivity contribution in [3.63, 3.8) is 0 Å². The van der Waals surface area contributed by atoms with Crippen LogP contribution in [0, 0.1) is 0 Å². The molecule has 2 unspecified atom stereocenters. The van der Waals surface area contributed by atoms with Crippen molar-refractivity contribution in [2.75, 3.05) is 22.9 Å². The number of amides is 2. The van der Waals surface area contributed by atoms with E-state index in [2.05, 4.69) is 0 Å². The van der Waals surface area contributed by atoms with Crippen molar-refractivity contribution >= 4 is 67.9 Å². The predicted octanol–water partition coefficient (Wildman–Crippen LogP) is 7.78. The van der Waals surface area contributed by atoms with Gasteiger partial charge < -0.3 is 20.0 Å². The van der Waals surface area contributed by atoms with Gasteiger partial charge in [0.05, 0.1) is 11.4 Å². The number of unbranched alkanes of at least 4 members (excludes halogenated alkanes) is 1. The van der Waals surface area contributed by atoms with Crippen LogP contribution >= 0.6 is 23.2 Å². The molecule has 0 saturated heterocycles. The topological polar surface area (TPSA) is 81.1 Å². The second-order valence-corrected chi connectivity index (χ2v) is 12.9. The zero-order valence-corrected chi connectivity index (χ0v) is 25.2. The van der Waals surface area contributed by atoms with Crippen LogP contribution in [-0.2, 0) is 9.59 Å². The number of carbonyl (C=O) groups excluding carboxylic acids is 2. The molecule has 4 atom stereocenters. The first kappa shape index (κ1) is 28.6. The van der Waals surface area contributed by atoms with E-state index in [9.17, 15) is 19.8 Å². The van der Waals surface area contributed by atoms with Gasteiger partial charge in [0.1, 0.15) is 11.5 Å². The van der Waals surface area contributed by atoms with E-state index < -0.39 is 0 Å². The molecule has 0 aliphatic carbocycles. The van der Waals surface area contributed by atoms with Crippen LogP contribution in [0.3, 0.4) is 0 Å². The van der Waals surface area contributed by atoms with Crippen molar-refractivity contribution in [3.05, 3.63) is 71.8 Å². The van der Waals surface area contributed by atoms with Crippen LogP contribution in [-0.4, -0.2) is 45.9 Å². The summed E-state index contributed by atoms with van der Waals surface area (Å²) in [7, 11) is 0. The van der Waals surface area contributed by atoms with Gasteiger partial charge in [-0.05, 0) is 48.6 Å². The van der Waals surface area contributed by atoms with E-state index in [1.54, 1.807) is 21.9 Å². The van der Waals surface area contributed by atoms with Gasteiger partial charge in [-0.2, -0.15) is 0 Å². The first-order valence-electron chi connectivity index (χ1n) is 14.6. The molecule has 218 valence electrons. The van der Waals surface area contributed by atoms with Gasteiger partial charge in [-0.15, -0.1) is 23.2 Å². The number of alkyl halides is 2. The number of benzene rings is 4. The third-order valence-corrected chi connectivity index (χ3v) is 9.52. The molecule has 0 bridgehead atoms. The van der Waals surface area contributed by atoms with E-state index >= 15 is 0 Å². The molecule has 0 spiro atoms. The smallest absolute Gasteiger partial charge is 0.227 e. The molecule has 2 heterocycles. The molecule has 6 nitrogen and oxygen atoms in total. The molecule has 0 radical (unpaired) electrons. The molecule has 42 heavy (non-hydrogen) atoms. The summed E-state index contributed by atoms with van der Waals surface area (Å²) in [6.07, 6.45) is 1.67. The van der Waals surface area contributed by atoms with Gasteiger partial charge in [-0.25, -0.2) is 0 Å². The summed E-state index contributed by atoms with van der Waals surface area (Å²) >= 11 is 13.2. The standard InChI is InChI=1S/C34H34Cl2N2O4/c1-19(35)25-17-37(27-15-29(39)21-9-3-5-11-23(21)33(25)27)31(41)13-7-8-14-32(42)38-18-26(20(2)36)34-24-12-6-4-10-22(24)30(40)16-28(34)38/h3-6,9-12,15-16,19-20,25-26,39-40H,7-8,13-14,17-18H2,1-2H3/t19-,20?,25?,26+/m1/s1. The number of rotatable bonds is 7. The number of phenolic OH excluding ortho intramolecular Hbond substituents is 2. The Labute approximate surface area is 255 Å². The number of anilines is 2. The van der Waals surface area contributed by atoms with E-state index in [-0.39, 0.29) is 58.7 Å². The summed E-state index contributed by atoms with van der Waals surface area (Å²) in [5.74, 6) is 0.111. The highest BCUT2D eigenvalue weighted by atomic mass is 35.5. The molecule has 2 amide bonds. The maximum absolute atomic E-state index is 13.4. The summed E-state index contributed by atoms with van der Waals surface area (Å²) in [6.45, 7) is 4.80. The molecule has 8 heteroatoms. The third kappa shape index (κ3) is 4.84. The molecule has 2 aliphatic rings. The van der Waals surface area contributed by atoms with Crippen molar-refractivity contribution < 1.29 is 19.8 Å². The number of nitrogens with zero attached hydrogens (tertiary/aromatic N) is 2. The minimum atomic E-state index is -0.188. The van der Waals surface area contributed by atoms with E-state index in [0.29, 0.717) is 37.3 Å². The maximum atomic E-state index is 13.4. The Morgan fingerprint density at radius 2 is 1.07 bits per heavy atom. The average molecular weight is 606 g/mol. The Morgan fingerprint density at radius 1 is 0.714 bits per heavy atom. The van der Waals surface area contributed by atoms with Gasteiger partial charge in [-0.1, -0.05) is 48.5 Å². The van der Waals surface area contributed by atoms with Gasteiger partial charge in [-0.3, -0.25) is 9.59 Å². The summed E-state index contributed by atoms with van der Waals surface area (Å²) in [5.41, 5.74) is 3.43. The number of halogens is 2. The van der Waals surface area contributed by atoms with Gasteiger partial charge >= 0.3 is 0 Å². The number of phenols is 2. The van der Waals surface area contributed by atoms with Crippen LogP contribution in [0.5, 0.6) is 11.5 Å². The van der Waals surface area contributed by atoms with Crippen LogP contribution in [0.15, 0.2) is 60.7 Å². The Hall–Kier alpha value is -3.48. The monoisotopic (exact) mass is 604 g/mol. The highest BCUT2D eigenvalue weighted by Crippen LogP contribution is 2.48. The molecule has 0 aromatic heterocycles. The van der Waals surface area contributed by atoms with Crippen LogP contribution < -0.4 is 9.80 Å². The summed E-state index contributed by atoms with van der Waals surface area (Å²) < 4.78 is 0. The number of hydrogen-bond donors (Lipinski definition) is 2. The highest BCUT2D eigenvalue weighted by Gasteiger charge is 2.38. The Balaban J connectivity index is 1.15. The van der Waals surface area contributed by atoms with Crippen molar-refractivity contribution in [2.24, 2.45) is 0 Å². The Morgan fingerprint density at radius 3 is 1.43 bits per heavy atom. The molecule has 6 rings (SSSR count). The quantitative estimate of drug-likeness (QED) is 0.167. The van der Waals surface area contributed by atoms with E-state index in [1.165, 1.54) is 0 Å². The van der Waals surface area contributed by atoms with E-state index in [1.807, 2.05) is 62.4 Å². The Kier molecular flexibility index (Phi) is 7.71. The predicted molar refractivity (Wildman–Crippen MR) is 171 cm³/mol. The lowest BCUT2D eigenvalue weighted by atomic mass is 9.92. The van der Waals surface area contributed by atoms with E-state index in [4.69, 9.17) is 23.2 Å². The lowest BCUT2D eigenvalue weighted by Gasteiger charge is -2.20. The normalized spacial score (nSPS) is 19.2. The molecule has 2 N–H and O–H groups in total. The molecule has 0 fully saturated rings. The van der Waals surface area contributed by atoms with Gasteiger partial charge in [0, 0.05) is 71.4 Å². The molecule has 2 aliphatic heterocycles. The zero-order valence-electron chi connectivity index (χ0n) is 23.7. The fourth-order valence-electron chi connectivity index (χ4n) is 6.77.